The molecule has 2 atom stereocenters. The number of anilines is 2. The molecule has 0 spiro atoms. The Kier molecular flexibility index (Phi) is 6.01. The zero-order valence-electron chi connectivity index (χ0n) is 19.9. The molecule has 2 aliphatic heterocycles. The first-order chi connectivity index (χ1) is 17.3. The summed E-state index contributed by atoms with van der Waals surface area (Å²) in [5.41, 5.74) is 2.66. The number of amides is 4. The number of hydrogen-bond donors (Lipinski definition) is 1. The van der Waals surface area contributed by atoms with E-state index in [-0.39, 0.29) is 17.0 Å². The Bertz CT molecular complexity index is 1340. The first-order valence-electron chi connectivity index (χ1n) is 11.8. The van der Waals surface area contributed by atoms with Crippen molar-refractivity contribution in [2.45, 2.75) is 32.4 Å². The Hall–Kier alpha value is -4.46. The number of fused-ring (bicyclic) bond motifs is 2. The normalized spacial score (nSPS) is 17.4. The standard InChI is InChI=1S/C28H25N3O5/c1-17(31-27(34)21-10-6-7-11-22(21)28(31)35)25(32)29-20-12-13-24-23(16-20)30(26(33)18(2)36-24)15-14-19-8-4-3-5-9-19/h3-13,16-18H,14-15H2,1-2H3,(H,29,32). The molecule has 3 aromatic carbocycles. The lowest BCUT2D eigenvalue weighted by Gasteiger charge is -2.33. The van der Waals surface area contributed by atoms with Gasteiger partial charge in [0.25, 0.3) is 17.7 Å². The van der Waals surface area contributed by atoms with E-state index in [2.05, 4.69) is 5.32 Å². The number of nitrogens with zero attached hydrogens (tertiary/aromatic N) is 2. The van der Waals surface area contributed by atoms with Crippen LogP contribution in [0.25, 0.3) is 0 Å². The Balaban J connectivity index is 1.35. The van der Waals surface area contributed by atoms with E-state index in [9.17, 15) is 19.2 Å². The zero-order valence-corrected chi connectivity index (χ0v) is 19.9. The number of imide groups is 1. The SMILES string of the molecule is CC1Oc2ccc(NC(=O)C(C)N3C(=O)c4ccccc4C3=O)cc2N(CCc2ccccc2)C1=O. The van der Waals surface area contributed by atoms with Crippen LogP contribution in [0.15, 0.2) is 72.8 Å². The van der Waals surface area contributed by atoms with Gasteiger partial charge in [0.1, 0.15) is 11.8 Å². The molecule has 0 bridgehead atoms. The molecular weight excluding hydrogens is 458 g/mol. The summed E-state index contributed by atoms with van der Waals surface area (Å²) >= 11 is 0. The van der Waals surface area contributed by atoms with Crippen LogP contribution in [-0.4, -0.2) is 47.2 Å². The molecule has 0 saturated heterocycles. The van der Waals surface area contributed by atoms with Crippen molar-refractivity contribution in [1.29, 1.82) is 0 Å². The van der Waals surface area contributed by atoms with Crippen molar-refractivity contribution < 1.29 is 23.9 Å². The molecule has 8 heteroatoms. The first kappa shape index (κ1) is 23.3. The number of ether oxygens (including phenoxy) is 1. The summed E-state index contributed by atoms with van der Waals surface area (Å²) in [4.78, 5) is 54.1. The largest absolute Gasteiger partial charge is 0.479 e. The van der Waals surface area contributed by atoms with Crippen molar-refractivity contribution >= 4 is 35.0 Å². The van der Waals surface area contributed by atoms with Crippen molar-refractivity contribution in [2.75, 3.05) is 16.8 Å². The highest BCUT2D eigenvalue weighted by molar-refractivity contribution is 6.23. The van der Waals surface area contributed by atoms with Gasteiger partial charge in [-0.15, -0.1) is 0 Å². The third-order valence-corrected chi connectivity index (χ3v) is 6.49. The number of rotatable bonds is 6. The van der Waals surface area contributed by atoms with Gasteiger partial charge in [0, 0.05) is 12.2 Å². The summed E-state index contributed by atoms with van der Waals surface area (Å²) in [7, 11) is 0. The lowest BCUT2D eigenvalue weighted by atomic mass is 10.1. The summed E-state index contributed by atoms with van der Waals surface area (Å²) in [5, 5.41) is 2.78. The van der Waals surface area contributed by atoms with Gasteiger partial charge < -0.3 is 15.0 Å². The fourth-order valence-corrected chi connectivity index (χ4v) is 4.52. The summed E-state index contributed by atoms with van der Waals surface area (Å²) < 4.78 is 5.78. The van der Waals surface area contributed by atoms with E-state index >= 15 is 0 Å². The quantitative estimate of drug-likeness (QED) is 0.540. The minimum absolute atomic E-state index is 0.165. The van der Waals surface area contributed by atoms with E-state index < -0.39 is 29.9 Å². The average molecular weight is 484 g/mol. The highest BCUT2D eigenvalue weighted by Gasteiger charge is 2.40. The lowest BCUT2D eigenvalue weighted by molar-refractivity contribution is -0.125. The summed E-state index contributed by atoms with van der Waals surface area (Å²) in [5.74, 6) is -1.13. The van der Waals surface area contributed by atoms with Gasteiger partial charge in [-0.2, -0.15) is 0 Å². The Labute approximate surface area is 208 Å². The Morgan fingerprint density at radius 3 is 2.25 bits per heavy atom. The molecule has 2 unspecified atom stereocenters. The highest BCUT2D eigenvalue weighted by atomic mass is 16.5. The molecule has 0 aliphatic carbocycles. The molecule has 0 saturated carbocycles. The van der Waals surface area contributed by atoms with Gasteiger partial charge in [-0.25, -0.2) is 0 Å². The number of hydrogen-bond acceptors (Lipinski definition) is 5. The van der Waals surface area contributed by atoms with Gasteiger partial charge in [0.05, 0.1) is 16.8 Å². The zero-order chi connectivity index (χ0) is 25.4. The summed E-state index contributed by atoms with van der Waals surface area (Å²) in [6, 6.07) is 20.4. The predicted molar refractivity (Wildman–Crippen MR) is 134 cm³/mol. The lowest BCUT2D eigenvalue weighted by Crippen LogP contribution is -2.46. The Morgan fingerprint density at radius 1 is 0.944 bits per heavy atom. The molecule has 2 heterocycles. The number of carbonyl (C=O) groups is 4. The maximum Gasteiger partial charge on any atom is 0.267 e. The van der Waals surface area contributed by atoms with Crippen molar-refractivity contribution in [1.82, 2.24) is 4.90 Å². The molecule has 4 amide bonds. The summed E-state index contributed by atoms with van der Waals surface area (Å²) in [6.45, 7) is 3.67. The van der Waals surface area contributed by atoms with Gasteiger partial charge in [-0.05, 0) is 56.2 Å². The van der Waals surface area contributed by atoms with Crippen molar-refractivity contribution in [3.05, 3.63) is 89.5 Å². The van der Waals surface area contributed by atoms with Crippen LogP contribution in [-0.2, 0) is 16.0 Å². The molecule has 36 heavy (non-hydrogen) atoms. The van der Waals surface area contributed by atoms with E-state index in [0.29, 0.717) is 30.1 Å². The smallest absolute Gasteiger partial charge is 0.267 e. The van der Waals surface area contributed by atoms with E-state index in [4.69, 9.17) is 4.74 Å². The molecule has 5 rings (SSSR count). The number of carbonyl (C=O) groups excluding carboxylic acids is 4. The van der Waals surface area contributed by atoms with Gasteiger partial charge >= 0.3 is 0 Å². The van der Waals surface area contributed by atoms with Gasteiger partial charge in [0.2, 0.25) is 5.91 Å². The first-order valence-corrected chi connectivity index (χ1v) is 11.8. The van der Waals surface area contributed by atoms with E-state index in [1.807, 2.05) is 30.3 Å². The van der Waals surface area contributed by atoms with E-state index in [0.717, 1.165) is 10.5 Å². The minimum Gasteiger partial charge on any atom is -0.479 e. The van der Waals surface area contributed by atoms with Crippen molar-refractivity contribution in [3.63, 3.8) is 0 Å². The molecule has 2 aliphatic rings. The minimum atomic E-state index is -1.03. The molecule has 182 valence electrons. The number of benzene rings is 3. The molecule has 3 aromatic rings. The van der Waals surface area contributed by atoms with Crippen LogP contribution in [0.1, 0.15) is 40.1 Å². The van der Waals surface area contributed by atoms with Crippen LogP contribution in [0.5, 0.6) is 5.75 Å². The van der Waals surface area contributed by atoms with Crippen LogP contribution in [0, 0.1) is 0 Å². The molecule has 8 nitrogen and oxygen atoms in total. The van der Waals surface area contributed by atoms with Gasteiger partial charge in [-0.1, -0.05) is 42.5 Å². The predicted octanol–water partition coefficient (Wildman–Crippen LogP) is 3.67. The number of nitrogens with one attached hydrogen (secondary N) is 1. The molecule has 0 fully saturated rings. The van der Waals surface area contributed by atoms with Gasteiger partial charge in [0.15, 0.2) is 6.10 Å². The van der Waals surface area contributed by atoms with Crippen LogP contribution in [0.2, 0.25) is 0 Å². The van der Waals surface area contributed by atoms with Crippen LogP contribution >= 0.6 is 0 Å². The van der Waals surface area contributed by atoms with Crippen molar-refractivity contribution in [2.24, 2.45) is 0 Å². The molecular formula is C28H25N3O5. The maximum absolute atomic E-state index is 13.0. The third-order valence-electron chi connectivity index (χ3n) is 6.49. The average Bonchev–Trinajstić information content (AvgIpc) is 3.14. The monoisotopic (exact) mass is 483 g/mol. The second-order valence-electron chi connectivity index (χ2n) is 8.86. The molecule has 0 radical (unpaired) electrons. The molecule has 1 N–H and O–H groups in total. The third kappa shape index (κ3) is 4.11. The van der Waals surface area contributed by atoms with E-state index in [1.165, 1.54) is 6.92 Å². The molecule has 0 aromatic heterocycles. The second-order valence-corrected chi connectivity index (χ2v) is 8.86. The van der Waals surface area contributed by atoms with Crippen LogP contribution in [0.4, 0.5) is 11.4 Å². The second kappa shape index (κ2) is 9.30. The highest BCUT2D eigenvalue weighted by Crippen LogP contribution is 2.36. The van der Waals surface area contributed by atoms with E-state index in [1.54, 1.807) is 54.3 Å². The topological polar surface area (TPSA) is 96.0 Å². The summed E-state index contributed by atoms with van der Waals surface area (Å²) in [6.07, 6.45) is 0.0362. The van der Waals surface area contributed by atoms with Crippen LogP contribution in [0.3, 0.4) is 0 Å². The van der Waals surface area contributed by atoms with Gasteiger partial charge in [-0.3, -0.25) is 24.1 Å². The Morgan fingerprint density at radius 2 is 1.58 bits per heavy atom. The fraction of sp³-hybridized carbons (Fsp3) is 0.214. The fourth-order valence-electron chi connectivity index (χ4n) is 4.52. The van der Waals surface area contributed by atoms with Crippen molar-refractivity contribution in [3.8, 4) is 5.75 Å². The van der Waals surface area contributed by atoms with Crippen LogP contribution < -0.4 is 15.0 Å². The maximum atomic E-state index is 13.0.